The van der Waals surface area contributed by atoms with Crippen molar-refractivity contribution in [3.05, 3.63) is 91.8 Å². The van der Waals surface area contributed by atoms with Crippen molar-refractivity contribution in [1.29, 1.82) is 0 Å². The van der Waals surface area contributed by atoms with E-state index in [0.29, 0.717) is 37.0 Å². The van der Waals surface area contributed by atoms with Crippen molar-refractivity contribution in [3.63, 3.8) is 0 Å². The molecule has 47 heavy (non-hydrogen) atoms. The van der Waals surface area contributed by atoms with Gasteiger partial charge in [0.2, 0.25) is 0 Å². The van der Waals surface area contributed by atoms with Crippen LogP contribution in [0.4, 0.5) is 0 Å². The van der Waals surface area contributed by atoms with E-state index in [1.54, 1.807) is 7.11 Å². The second-order valence-corrected chi connectivity index (χ2v) is 16.8. The minimum atomic E-state index is -0.401. The number of benzene rings is 3. The molecule has 0 saturated heterocycles. The SMILES string of the molecule is COc1cc(C2C3=C(CC(C)(C)CC3=O)N(C3CCCCC3)C3=C2C(=O)CC(C)(C)C3)cc(I)c1OCc1cccc2ccccc12. The number of ether oxygens (including phenoxy) is 2. The fourth-order valence-corrected chi connectivity index (χ4v) is 9.51. The molecule has 0 bridgehead atoms. The number of allylic oxidation sites excluding steroid dienone is 4. The second kappa shape index (κ2) is 12.4. The number of hydrogen-bond donors (Lipinski definition) is 0. The van der Waals surface area contributed by atoms with Gasteiger partial charge in [0.25, 0.3) is 0 Å². The van der Waals surface area contributed by atoms with E-state index in [1.165, 1.54) is 30.0 Å². The van der Waals surface area contributed by atoms with E-state index >= 15 is 0 Å². The minimum absolute atomic E-state index is 0.134. The first-order valence-corrected chi connectivity index (χ1v) is 18.3. The van der Waals surface area contributed by atoms with E-state index in [0.717, 1.165) is 62.9 Å². The Morgan fingerprint density at radius 1 is 0.809 bits per heavy atom. The van der Waals surface area contributed by atoms with Gasteiger partial charge in [-0.2, -0.15) is 0 Å². The molecule has 3 aliphatic carbocycles. The first kappa shape index (κ1) is 32.4. The molecular weight excluding hydrogens is 697 g/mol. The average Bonchev–Trinajstić information content (AvgIpc) is 3.02. The molecule has 0 aromatic heterocycles. The minimum Gasteiger partial charge on any atom is -0.493 e. The number of carbonyl (C=O) groups is 2. The number of ketones is 2. The van der Waals surface area contributed by atoms with Crippen LogP contribution in [0.2, 0.25) is 0 Å². The third kappa shape index (κ3) is 6.04. The smallest absolute Gasteiger partial charge is 0.174 e. The number of carbonyl (C=O) groups excluding carboxylic acids is 2. The lowest BCUT2D eigenvalue weighted by atomic mass is 9.63. The molecule has 0 atom stereocenters. The maximum atomic E-state index is 14.4. The summed E-state index contributed by atoms with van der Waals surface area (Å²) in [4.78, 5) is 31.3. The van der Waals surface area contributed by atoms with Gasteiger partial charge in [-0.25, -0.2) is 0 Å². The van der Waals surface area contributed by atoms with E-state index in [1.807, 2.05) is 6.07 Å². The van der Waals surface area contributed by atoms with Gasteiger partial charge in [0.15, 0.2) is 23.1 Å². The number of hydrogen-bond acceptors (Lipinski definition) is 5. The zero-order valence-electron chi connectivity index (χ0n) is 28.4. The monoisotopic (exact) mass is 743 g/mol. The van der Waals surface area contributed by atoms with Crippen LogP contribution in [0.1, 0.15) is 103 Å². The van der Waals surface area contributed by atoms with Crippen LogP contribution >= 0.6 is 22.6 Å². The summed E-state index contributed by atoms with van der Waals surface area (Å²) in [5.41, 5.74) is 5.78. The molecule has 0 N–H and O–H groups in total. The van der Waals surface area contributed by atoms with Crippen LogP contribution in [0, 0.1) is 14.4 Å². The summed E-state index contributed by atoms with van der Waals surface area (Å²) < 4.78 is 13.4. The van der Waals surface area contributed by atoms with Crippen LogP contribution in [0.15, 0.2) is 77.1 Å². The molecule has 0 amide bonds. The molecule has 0 spiro atoms. The van der Waals surface area contributed by atoms with Gasteiger partial charge in [-0.05, 0) is 93.1 Å². The number of nitrogens with zero attached hydrogens (tertiary/aromatic N) is 1. The molecule has 1 saturated carbocycles. The molecule has 1 aliphatic heterocycles. The van der Waals surface area contributed by atoms with Gasteiger partial charge >= 0.3 is 0 Å². The lowest BCUT2D eigenvalue weighted by Gasteiger charge is -2.52. The first-order chi connectivity index (χ1) is 22.5. The Kier molecular flexibility index (Phi) is 8.55. The lowest BCUT2D eigenvalue weighted by molar-refractivity contribution is -0.119. The third-order valence-electron chi connectivity index (χ3n) is 10.7. The molecule has 1 heterocycles. The summed E-state index contributed by atoms with van der Waals surface area (Å²) in [6, 6.07) is 19.1. The standard InChI is InChI=1S/C41H46INO4/c1-40(2)20-31-37(33(44)22-40)36(38-32(21-41(3,4)23-34(38)45)43(31)28-15-7-6-8-16-28)27-18-30(42)39(35(19-27)46-5)47-24-26-14-11-13-25-12-9-10-17-29(25)26/h9-14,17-19,28,36H,6-8,15-16,20-24H2,1-5H3. The Labute approximate surface area is 292 Å². The number of fused-ring (bicyclic) bond motifs is 1. The van der Waals surface area contributed by atoms with Crippen LogP contribution < -0.4 is 9.47 Å². The predicted molar refractivity (Wildman–Crippen MR) is 196 cm³/mol. The predicted octanol–water partition coefficient (Wildman–Crippen LogP) is 10.1. The van der Waals surface area contributed by atoms with Crippen LogP contribution in [-0.4, -0.2) is 29.6 Å². The lowest BCUT2D eigenvalue weighted by Crippen LogP contribution is -2.48. The summed E-state index contributed by atoms with van der Waals surface area (Å²) in [5.74, 6) is 1.26. The van der Waals surface area contributed by atoms with E-state index in [-0.39, 0.29) is 22.4 Å². The van der Waals surface area contributed by atoms with Crippen LogP contribution in [0.5, 0.6) is 11.5 Å². The Morgan fingerprint density at radius 3 is 2.06 bits per heavy atom. The molecule has 3 aromatic carbocycles. The van der Waals surface area contributed by atoms with E-state index in [9.17, 15) is 9.59 Å². The van der Waals surface area contributed by atoms with E-state index < -0.39 is 5.92 Å². The van der Waals surface area contributed by atoms with Crippen LogP contribution in [-0.2, 0) is 16.2 Å². The van der Waals surface area contributed by atoms with Gasteiger partial charge in [-0.3, -0.25) is 9.59 Å². The zero-order chi connectivity index (χ0) is 33.1. The molecule has 3 aromatic rings. The van der Waals surface area contributed by atoms with Crippen molar-refractivity contribution >= 4 is 44.9 Å². The normalized spacial score (nSPS) is 21.6. The Hall–Kier alpha value is -3.13. The van der Waals surface area contributed by atoms with Crippen LogP contribution in [0.25, 0.3) is 10.8 Å². The summed E-state index contributed by atoms with van der Waals surface area (Å²) in [6.45, 7) is 9.28. The van der Waals surface area contributed by atoms with Gasteiger partial charge in [0.1, 0.15) is 6.61 Å². The summed E-state index contributed by atoms with van der Waals surface area (Å²) in [6.07, 6.45) is 8.52. The Morgan fingerprint density at radius 2 is 1.43 bits per heavy atom. The third-order valence-corrected chi connectivity index (χ3v) is 11.5. The summed E-state index contributed by atoms with van der Waals surface area (Å²) >= 11 is 2.33. The summed E-state index contributed by atoms with van der Waals surface area (Å²) in [5, 5.41) is 2.35. The van der Waals surface area contributed by atoms with Crippen molar-refractivity contribution in [1.82, 2.24) is 4.90 Å². The number of rotatable bonds is 6. The molecular formula is C41H46INO4. The Bertz CT molecular complexity index is 1770. The topological polar surface area (TPSA) is 55.8 Å². The average molecular weight is 744 g/mol. The van der Waals surface area contributed by atoms with Crippen molar-refractivity contribution in [2.24, 2.45) is 10.8 Å². The highest BCUT2D eigenvalue weighted by atomic mass is 127. The maximum Gasteiger partial charge on any atom is 0.174 e. The molecule has 5 nitrogen and oxygen atoms in total. The highest BCUT2D eigenvalue weighted by Crippen LogP contribution is 2.56. The fraction of sp³-hybridized carbons (Fsp3) is 0.463. The second-order valence-electron chi connectivity index (χ2n) is 15.7. The van der Waals surface area contributed by atoms with Crippen molar-refractivity contribution in [2.45, 2.75) is 104 Å². The van der Waals surface area contributed by atoms with E-state index in [2.05, 4.69) is 104 Å². The van der Waals surface area contributed by atoms with Gasteiger partial charge in [-0.15, -0.1) is 0 Å². The molecule has 1 fully saturated rings. The Balaban J connectivity index is 1.35. The van der Waals surface area contributed by atoms with Crippen molar-refractivity contribution < 1.29 is 19.1 Å². The molecule has 4 aliphatic rings. The first-order valence-electron chi connectivity index (χ1n) is 17.2. The largest absolute Gasteiger partial charge is 0.493 e. The number of Topliss-reactive ketones (excluding diaryl/α,β-unsaturated/α-hetero) is 2. The van der Waals surface area contributed by atoms with E-state index in [4.69, 9.17) is 9.47 Å². The van der Waals surface area contributed by atoms with Crippen molar-refractivity contribution in [2.75, 3.05) is 7.11 Å². The highest BCUT2D eigenvalue weighted by Gasteiger charge is 2.50. The maximum absolute atomic E-state index is 14.4. The molecule has 0 unspecified atom stereocenters. The zero-order valence-corrected chi connectivity index (χ0v) is 30.5. The van der Waals surface area contributed by atoms with Gasteiger partial charge in [0.05, 0.1) is 10.7 Å². The number of halogens is 1. The van der Waals surface area contributed by atoms with Crippen molar-refractivity contribution in [3.8, 4) is 11.5 Å². The quantitative estimate of drug-likeness (QED) is 0.236. The summed E-state index contributed by atoms with van der Waals surface area (Å²) in [7, 11) is 1.67. The van der Waals surface area contributed by atoms with Gasteiger partial charge in [0, 0.05) is 47.3 Å². The van der Waals surface area contributed by atoms with Gasteiger partial charge < -0.3 is 14.4 Å². The molecule has 7 rings (SSSR count). The fourth-order valence-electron chi connectivity index (χ4n) is 8.72. The number of methoxy groups -OCH3 is 1. The molecule has 0 radical (unpaired) electrons. The molecule has 6 heteroatoms. The highest BCUT2D eigenvalue weighted by molar-refractivity contribution is 14.1. The van der Waals surface area contributed by atoms with Gasteiger partial charge in [-0.1, -0.05) is 89.4 Å². The van der Waals surface area contributed by atoms with Crippen LogP contribution in [0.3, 0.4) is 0 Å². The molecule has 246 valence electrons.